The van der Waals surface area contributed by atoms with Crippen LogP contribution in [0.2, 0.25) is 10.1 Å². The molecule has 0 spiro atoms. The Balaban J connectivity index is 1.52. The maximum Gasteiger partial charge on any atom is 0.354 e. The topological polar surface area (TPSA) is 75.4 Å². The number of nitrogens with zero attached hydrogens (tertiary/aromatic N) is 3. The molecule has 226 valence electrons. The Kier molecular flexibility index (Phi) is 9.48. The number of thioether (sulfide) groups is 1. The SMILES string of the molecule is CCSc1nc(=O)n(CC2(CO[Si](c3ccccc3)(c3ccccc3)C(C)(C)C)COC2)c(=O)n1Cc1ccc(Cl)cc1. The van der Waals surface area contributed by atoms with Crippen LogP contribution in [0.3, 0.4) is 0 Å². The van der Waals surface area contributed by atoms with Gasteiger partial charge < -0.3 is 9.16 Å². The third-order valence-corrected chi connectivity index (χ3v) is 14.1. The fourth-order valence-corrected chi connectivity index (χ4v) is 11.3. The summed E-state index contributed by atoms with van der Waals surface area (Å²) in [6.45, 7) is 10.2. The zero-order chi connectivity index (χ0) is 30.7. The van der Waals surface area contributed by atoms with Crippen LogP contribution in [0.1, 0.15) is 33.3 Å². The fourth-order valence-electron chi connectivity index (χ4n) is 5.76. The van der Waals surface area contributed by atoms with Gasteiger partial charge >= 0.3 is 11.4 Å². The van der Waals surface area contributed by atoms with Gasteiger partial charge in [0.05, 0.1) is 25.2 Å². The molecule has 0 saturated carbocycles. The van der Waals surface area contributed by atoms with Crippen molar-refractivity contribution in [2.24, 2.45) is 5.41 Å². The maximum atomic E-state index is 14.0. The molecule has 0 aliphatic carbocycles. The first-order chi connectivity index (χ1) is 20.6. The van der Waals surface area contributed by atoms with Gasteiger partial charge in [-0.1, -0.05) is 124 Å². The fraction of sp³-hybridized carbons (Fsp3) is 0.364. The maximum absolute atomic E-state index is 14.0. The number of aromatic nitrogens is 3. The largest absolute Gasteiger partial charge is 0.407 e. The van der Waals surface area contributed by atoms with E-state index >= 15 is 0 Å². The third-order valence-electron chi connectivity index (χ3n) is 7.96. The molecule has 7 nitrogen and oxygen atoms in total. The van der Waals surface area contributed by atoms with Crippen molar-refractivity contribution in [1.82, 2.24) is 14.1 Å². The molecule has 1 aliphatic rings. The summed E-state index contributed by atoms with van der Waals surface area (Å²) in [5, 5.41) is 3.18. The number of hydrogen-bond acceptors (Lipinski definition) is 6. The van der Waals surface area contributed by atoms with E-state index < -0.39 is 19.4 Å². The van der Waals surface area contributed by atoms with Crippen molar-refractivity contribution in [3.63, 3.8) is 0 Å². The van der Waals surface area contributed by atoms with Crippen molar-refractivity contribution < 1.29 is 9.16 Å². The Morgan fingerprint density at radius 3 is 2.00 bits per heavy atom. The van der Waals surface area contributed by atoms with E-state index in [4.69, 9.17) is 20.8 Å². The first-order valence-electron chi connectivity index (χ1n) is 14.5. The summed E-state index contributed by atoms with van der Waals surface area (Å²) >= 11 is 7.46. The molecule has 0 radical (unpaired) electrons. The van der Waals surface area contributed by atoms with Gasteiger partial charge in [-0.15, -0.1) is 0 Å². The molecule has 5 rings (SSSR count). The van der Waals surface area contributed by atoms with Crippen LogP contribution in [0.4, 0.5) is 0 Å². The van der Waals surface area contributed by atoms with Gasteiger partial charge in [-0.2, -0.15) is 4.98 Å². The van der Waals surface area contributed by atoms with Crippen LogP contribution >= 0.6 is 23.4 Å². The minimum absolute atomic E-state index is 0.160. The zero-order valence-electron chi connectivity index (χ0n) is 25.1. The van der Waals surface area contributed by atoms with Crippen LogP contribution in [0.15, 0.2) is 99.7 Å². The van der Waals surface area contributed by atoms with Gasteiger partial charge in [0.1, 0.15) is 0 Å². The Morgan fingerprint density at radius 2 is 1.51 bits per heavy atom. The van der Waals surface area contributed by atoms with Crippen LogP contribution in [0, 0.1) is 5.41 Å². The zero-order valence-corrected chi connectivity index (χ0v) is 27.7. The number of ether oxygens (including phenoxy) is 1. The van der Waals surface area contributed by atoms with Crippen molar-refractivity contribution in [3.05, 3.63) is 116 Å². The van der Waals surface area contributed by atoms with Crippen molar-refractivity contribution in [1.29, 1.82) is 0 Å². The van der Waals surface area contributed by atoms with Gasteiger partial charge in [0, 0.05) is 18.2 Å². The lowest BCUT2D eigenvalue weighted by atomic mass is 9.87. The first kappa shape index (κ1) is 31.5. The lowest BCUT2D eigenvalue weighted by Crippen LogP contribution is -2.68. The molecule has 1 aliphatic heterocycles. The smallest absolute Gasteiger partial charge is 0.354 e. The minimum Gasteiger partial charge on any atom is -0.407 e. The molecular weight excluding hydrogens is 598 g/mol. The second-order valence-electron chi connectivity index (χ2n) is 12.1. The summed E-state index contributed by atoms with van der Waals surface area (Å²) in [6, 6.07) is 28.2. The molecule has 0 unspecified atom stereocenters. The van der Waals surface area contributed by atoms with Gasteiger partial charge in [0.15, 0.2) is 5.16 Å². The van der Waals surface area contributed by atoms with Crippen molar-refractivity contribution in [3.8, 4) is 0 Å². The Bertz CT molecular complexity index is 1610. The van der Waals surface area contributed by atoms with E-state index in [1.165, 1.54) is 26.7 Å². The monoisotopic (exact) mass is 635 g/mol. The van der Waals surface area contributed by atoms with Crippen LogP contribution in [-0.2, 0) is 22.3 Å². The van der Waals surface area contributed by atoms with E-state index in [0.29, 0.717) is 35.8 Å². The summed E-state index contributed by atoms with van der Waals surface area (Å²) in [5.41, 5.74) is -0.587. The molecule has 10 heteroatoms. The van der Waals surface area contributed by atoms with Gasteiger partial charge in [-0.3, -0.25) is 4.57 Å². The van der Waals surface area contributed by atoms with Crippen molar-refractivity contribution >= 4 is 42.1 Å². The second-order valence-corrected chi connectivity index (χ2v) is 18.1. The Morgan fingerprint density at radius 1 is 0.930 bits per heavy atom. The van der Waals surface area contributed by atoms with Crippen molar-refractivity contribution in [2.75, 3.05) is 25.6 Å². The van der Waals surface area contributed by atoms with Gasteiger partial charge in [-0.05, 0) is 38.9 Å². The predicted molar refractivity (Wildman–Crippen MR) is 177 cm³/mol. The molecule has 0 atom stereocenters. The average Bonchev–Trinajstić information content (AvgIpc) is 2.97. The Hall–Kier alpha value is -2.95. The van der Waals surface area contributed by atoms with E-state index in [9.17, 15) is 9.59 Å². The summed E-state index contributed by atoms with van der Waals surface area (Å²) < 4.78 is 15.8. The van der Waals surface area contributed by atoms with E-state index in [0.717, 1.165) is 5.56 Å². The molecule has 1 aromatic heterocycles. The summed E-state index contributed by atoms with van der Waals surface area (Å²) in [6.07, 6.45) is 0. The van der Waals surface area contributed by atoms with Gasteiger partial charge in [0.25, 0.3) is 8.32 Å². The van der Waals surface area contributed by atoms with E-state index in [1.54, 1.807) is 16.7 Å². The number of benzene rings is 3. The quantitative estimate of drug-likeness (QED) is 0.174. The molecule has 1 fully saturated rings. The van der Waals surface area contributed by atoms with E-state index in [-0.39, 0.29) is 23.8 Å². The van der Waals surface area contributed by atoms with Crippen LogP contribution in [0.5, 0.6) is 0 Å². The molecule has 0 N–H and O–H groups in total. The molecule has 0 amide bonds. The predicted octanol–water partition coefficient (Wildman–Crippen LogP) is 4.81. The average molecular weight is 636 g/mol. The molecule has 0 bridgehead atoms. The lowest BCUT2D eigenvalue weighted by Gasteiger charge is -2.48. The first-order valence-corrected chi connectivity index (χ1v) is 17.8. The normalized spacial score (nSPS) is 14.8. The van der Waals surface area contributed by atoms with Crippen LogP contribution < -0.4 is 21.8 Å². The highest BCUT2D eigenvalue weighted by Crippen LogP contribution is 2.39. The number of hydrogen-bond donors (Lipinski definition) is 0. The summed E-state index contributed by atoms with van der Waals surface area (Å²) in [4.78, 5) is 31.6. The molecule has 3 aromatic carbocycles. The molecule has 43 heavy (non-hydrogen) atoms. The van der Waals surface area contributed by atoms with E-state index in [1.807, 2.05) is 31.2 Å². The highest BCUT2D eigenvalue weighted by Gasteiger charge is 2.52. The molecule has 1 saturated heterocycles. The summed E-state index contributed by atoms with van der Waals surface area (Å²) in [5.74, 6) is 0.681. The minimum atomic E-state index is -2.83. The number of halogens is 1. The Labute approximate surface area is 263 Å². The van der Waals surface area contributed by atoms with Gasteiger partial charge in [0.2, 0.25) is 0 Å². The lowest BCUT2D eigenvalue weighted by molar-refractivity contribution is -0.142. The number of rotatable bonds is 11. The highest BCUT2D eigenvalue weighted by atomic mass is 35.5. The third kappa shape index (κ3) is 6.46. The second kappa shape index (κ2) is 13.0. The molecule has 2 heterocycles. The standard InChI is InChI=1S/C33H38ClN3O4SSi/c1-5-42-30-35-29(38)37(31(39)36(30)20-25-16-18-26(34)19-17-25)21-33(22-40-23-33)24-41-43(32(2,3)4,27-12-8-6-9-13-27)28-14-10-7-11-15-28/h6-19H,5,20-24H2,1-4H3. The molecule has 4 aromatic rings. The molecular formula is C33H38ClN3O4SSi. The summed E-state index contributed by atoms with van der Waals surface area (Å²) in [7, 11) is -2.83. The van der Waals surface area contributed by atoms with Crippen molar-refractivity contribution in [2.45, 2.75) is 51.0 Å². The van der Waals surface area contributed by atoms with Gasteiger partial charge in [-0.25, -0.2) is 14.2 Å². The van der Waals surface area contributed by atoms with E-state index in [2.05, 4.69) is 74.3 Å². The van der Waals surface area contributed by atoms with Crippen LogP contribution in [-0.4, -0.2) is 48.0 Å². The highest BCUT2D eigenvalue weighted by molar-refractivity contribution is 7.99. The van der Waals surface area contributed by atoms with Crippen LogP contribution in [0.25, 0.3) is 0 Å².